The van der Waals surface area contributed by atoms with Crippen molar-refractivity contribution in [3.05, 3.63) is 59.7 Å². The number of hydrogen-bond acceptors (Lipinski definition) is 3. The summed E-state index contributed by atoms with van der Waals surface area (Å²) in [5.74, 6) is 0. The van der Waals surface area contributed by atoms with Gasteiger partial charge in [0.05, 0.1) is 24.8 Å². The van der Waals surface area contributed by atoms with Crippen LogP contribution in [-0.2, 0) is 10.9 Å². The van der Waals surface area contributed by atoms with Crippen LogP contribution in [-0.4, -0.2) is 31.4 Å². The third-order valence-electron chi connectivity index (χ3n) is 4.59. The molecule has 1 atom stereocenters. The highest BCUT2D eigenvalue weighted by molar-refractivity contribution is 7.80. The van der Waals surface area contributed by atoms with Gasteiger partial charge in [-0.3, -0.25) is 0 Å². The van der Waals surface area contributed by atoms with Gasteiger partial charge in [0, 0.05) is 24.5 Å². The third-order valence-corrected chi connectivity index (χ3v) is 4.81. The summed E-state index contributed by atoms with van der Waals surface area (Å²) in [6.07, 6.45) is -4.35. The van der Waals surface area contributed by atoms with Gasteiger partial charge in [-0.25, -0.2) is 0 Å². The van der Waals surface area contributed by atoms with E-state index in [1.807, 2.05) is 19.1 Å². The van der Waals surface area contributed by atoms with E-state index in [0.717, 1.165) is 49.7 Å². The Kier molecular flexibility index (Phi) is 6.41. The number of benzene rings is 2. The molecule has 1 aliphatic heterocycles. The van der Waals surface area contributed by atoms with Crippen LogP contribution in [0.4, 0.5) is 24.5 Å². The van der Waals surface area contributed by atoms with Crippen LogP contribution in [0.3, 0.4) is 0 Å². The van der Waals surface area contributed by atoms with Crippen molar-refractivity contribution < 1.29 is 17.9 Å². The highest BCUT2D eigenvalue weighted by Gasteiger charge is 2.29. The molecule has 0 amide bonds. The molecular weight excluding hydrogens is 387 g/mol. The summed E-state index contributed by atoms with van der Waals surface area (Å²) in [4.78, 5) is 2.28. The fourth-order valence-corrected chi connectivity index (χ4v) is 3.28. The molecule has 1 aliphatic rings. The zero-order valence-electron chi connectivity index (χ0n) is 15.4. The van der Waals surface area contributed by atoms with E-state index in [-0.39, 0.29) is 6.04 Å². The van der Waals surface area contributed by atoms with Crippen molar-refractivity contribution in [3.8, 4) is 0 Å². The van der Waals surface area contributed by atoms with Crippen LogP contribution in [0, 0.1) is 0 Å². The molecule has 28 heavy (non-hydrogen) atoms. The molecule has 0 bridgehead atoms. The summed E-state index contributed by atoms with van der Waals surface area (Å²) < 4.78 is 43.2. The maximum Gasteiger partial charge on any atom is 0.416 e. The Morgan fingerprint density at radius 2 is 1.64 bits per heavy atom. The Bertz CT molecular complexity index is 788. The monoisotopic (exact) mass is 409 g/mol. The topological polar surface area (TPSA) is 36.5 Å². The van der Waals surface area contributed by atoms with Crippen molar-refractivity contribution in [1.29, 1.82) is 0 Å². The van der Waals surface area contributed by atoms with Gasteiger partial charge in [-0.1, -0.05) is 12.1 Å². The number of nitrogens with one attached hydrogen (secondary N) is 2. The fraction of sp³-hybridized carbons (Fsp3) is 0.350. The summed E-state index contributed by atoms with van der Waals surface area (Å²) in [7, 11) is 0. The van der Waals surface area contributed by atoms with Crippen LogP contribution < -0.4 is 15.5 Å². The lowest BCUT2D eigenvalue weighted by Crippen LogP contribution is -2.36. The number of ether oxygens (including phenoxy) is 1. The first-order valence-corrected chi connectivity index (χ1v) is 9.41. The smallest absolute Gasteiger partial charge is 0.378 e. The van der Waals surface area contributed by atoms with Crippen molar-refractivity contribution >= 4 is 28.7 Å². The number of anilines is 2. The lowest BCUT2D eigenvalue weighted by Gasteiger charge is -2.29. The molecule has 0 spiro atoms. The van der Waals surface area contributed by atoms with Gasteiger partial charge in [0.1, 0.15) is 0 Å². The molecule has 0 aromatic heterocycles. The average Bonchev–Trinajstić information content (AvgIpc) is 2.68. The van der Waals surface area contributed by atoms with Gasteiger partial charge >= 0.3 is 6.18 Å². The summed E-state index contributed by atoms with van der Waals surface area (Å²) in [6.45, 7) is 5.22. The lowest BCUT2D eigenvalue weighted by atomic mass is 10.1. The highest BCUT2D eigenvalue weighted by atomic mass is 32.1. The molecule has 0 radical (unpaired) electrons. The molecule has 1 saturated heterocycles. The van der Waals surface area contributed by atoms with Gasteiger partial charge in [0.2, 0.25) is 0 Å². The van der Waals surface area contributed by atoms with E-state index in [1.165, 1.54) is 12.1 Å². The Balaban J connectivity index is 1.55. The molecule has 2 aromatic carbocycles. The molecule has 0 unspecified atom stereocenters. The zero-order valence-corrected chi connectivity index (χ0v) is 16.2. The standard InChI is InChI=1S/C20H22F3N3OS/c1-14(15-2-8-18(9-3-15)26-10-12-27-13-11-26)24-19(28)25-17-6-4-16(5-7-17)20(21,22)23/h2-9,14H,10-13H2,1H3,(H2,24,25,28)/t14-/m0/s1. The lowest BCUT2D eigenvalue weighted by molar-refractivity contribution is -0.137. The number of nitrogens with zero attached hydrogens (tertiary/aromatic N) is 1. The SMILES string of the molecule is C[C@H](NC(=S)Nc1ccc(C(F)(F)F)cc1)c1ccc(N2CCOCC2)cc1. The Morgan fingerprint density at radius 1 is 1.04 bits per heavy atom. The third kappa shape index (κ3) is 5.36. The maximum absolute atomic E-state index is 12.6. The average molecular weight is 409 g/mol. The number of alkyl halides is 3. The molecular formula is C20H22F3N3OS. The van der Waals surface area contributed by atoms with Crippen molar-refractivity contribution in [1.82, 2.24) is 5.32 Å². The van der Waals surface area contributed by atoms with Gasteiger partial charge < -0.3 is 20.3 Å². The number of hydrogen-bond donors (Lipinski definition) is 2. The van der Waals surface area contributed by atoms with Crippen LogP contribution in [0.2, 0.25) is 0 Å². The minimum atomic E-state index is -4.35. The molecule has 2 N–H and O–H groups in total. The van der Waals surface area contributed by atoms with E-state index in [2.05, 4.69) is 27.7 Å². The Labute approximate surface area is 167 Å². The van der Waals surface area contributed by atoms with Crippen molar-refractivity contribution in [2.24, 2.45) is 0 Å². The molecule has 1 fully saturated rings. The highest BCUT2D eigenvalue weighted by Crippen LogP contribution is 2.29. The van der Waals surface area contributed by atoms with Gasteiger partial charge in [0.25, 0.3) is 0 Å². The van der Waals surface area contributed by atoms with Gasteiger partial charge in [-0.2, -0.15) is 13.2 Å². The summed E-state index contributed by atoms with van der Waals surface area (Å²) in [5.41, 5.74) is 2.03. The van der Waals surface area contributed by atoms with E-state index < -0.39 is 11.7 Å². The van der Waals surface area contributed by atoms with Crippen molar-refractivity contribution in [2.45, 2.75) is 19.1 Å². The molecule has 1 heterocycles. The molecule has 4 nitrogen and oxygen atoms in total. The molecule has 8 heteroatoms. The number of morpholine rings is 1. The van der Waals surface area contributed by atoms with Crippen LogP contribution >= 0.6 is 12.2 Å². The Hall–Kier alpha value is -2.32. The molecule has 3 rings (SSSR count). The molecule has 0 saturated carbocycles. The van der Waals surface area contributed by atoms with Crippen LogP contribution in [0.5, 0.6) is 0 Å². The van der Waals surface area contributed by atoms with E-state index in [0.29, 0.717) is 10.8 Å². The van der Waals surface area contributed by atoms with Crippen LogP contribution in [0.1, 0.15) is 24.1 Å². The molecule has 2 aromatic rings. The summed E-state index contributed by atoms with van der Waals surface area (Å²) in [5, 5.41) is 6.42. The van der Waals surface area contributed by atoms with Gasteiger partial charge in [-0.15, -0.1) is 0 Å². The first kappa shape index (κ1) is 20.4. The van der Waals surface area contributed by atoms with Crippen molar-refractivity contribution in [2.75, 3.05) is 36.5 Å². The van der Waals surface area contributed by atoms with Gasteiger partial charge in [0.15, 0.2) is 5.11 Å². The van der Waals surface area contributed by atoms with Gasteiger partial charge in [-0.05, 0) is 61.1 Å². The largest absolute Gasteiger partial charge is 0.416 e. The van der Waals surface area contributed by atoms with E-state index in [1.54, 1.807) is 0 Å². The second-order valence-corrected chi connectivity index (χ2v) is 6.99. The van der Waals surface area contributed by atoms with E-state index in [4.69, 9.17) is 17.0 Å². The van der Waals surface area contributed by atoms with E-state index in [9.17, 15) is 13.2 Å². The number of halogens is 3. The number of thiocarbonyl (C=S) groups is 1. The molecule has 0 aliphatic carbocycles. The van der Waals surface area contributed by atoms with Crippen LogP contribution in [0.25, 0.3) is 0 Å². The second-order valence-electron chi connectivity index (χ2n) is 6.59. The molecule has 150 valence electrons. The first-order chi connectivity index (χ1) is 13.3. The van der Waals surface area contributed by atoms with E-state index >= 15 is 0 Å². The summed E-state index contributed by atoms with van der Waals surface area (Å²) in [6, 6.07) is 13.0. The Morgan fingerprint density at radius 3 is 2.21 bits per heavy atom. The predicted molar refractivity (Wildman–Crippen MR) is 109 cm³/mol. The van der Waals surface area contributed by atoms with Crippen molar-refractivity contribution in [3.63, 3.8) is 0 Å². The second kappa shape index (κ2) is 8.79. The predicted octanol–water partition coefficient (Wildman–Crippen LogP) is 4.59. The minimum Gasteiger partial charge on any atom is -0.378 e. The zero-order chi connectivity index (χ0) is 20.1. The maximum atomic E-state index is 12.6. The quantitative estimate of drug-likeness (QED) is 0.723. The normalized spacial score (nSPS) is 15.8. The minimum absolute atomic E-state index is 0.0480. The fourth-order valence-electron chi connectivity index (χ4n) is 2.99. The number of rotatable bonds is 4. The summed E-state index contributed by atoms with van der Waals surface area (Å²) >= 11 is 5.28. The van der Waals surface area contributed by atoms with Crippen LogP contribution in [0.15, 0.2) is 48.5 Å². The first-order valence-electron chi connectivity index (χ1n) is 9.00.